The number of hydrogen-bond donors (Lipinski definition) is 1. The van der Waals surface area contributed by atoms with Crippen LogP contribution < -0.4 is 16.6 Å². The molecule has 1 aromatic heterocycles. The molecular weight excluding hydrogens is 374 g/mol. The maximum absolute atomic E-state index is 12.7. The predicted molar refractivity (Wildman–Crippen MR) is 113 cm³/mol. The number of benzene rings is 1. The normalized spacial score (nSPS) is 19.4. The lowest BCUT2D eigenvalue weighted by Crippen LogP contribution is -2.51. The maximum Gasteiger partial charge on any atom is 0.270 e. The van der Waals surface area contributed by atoms with Gasteiger partial charge in [-0.25, -0.2) is 0 Å². The molecular formula is C20H25N5O2S. The van der Waals surface area contributed by atoms with Crippen LogP contribution in [0, 0.1) is 11.3 Å². The number of aryl methyl sites for hydroxylation is 1. The molecule has 0 spiro atoms. The molecule has 2 fully saturated rings. The van der Waals surface area contributed by atoms with Crippen molar-refractivity contribution in [2.45, 2.75) is 18.1 Å². The lowest BCUT2D eigenvalue weighted by Gasteiger charge is -2.37. The number of thioether (sulfide) groups is 1. The Morgan fingerprint density at radius 3 is 2.57 bits per heavy atom. The Balaban J connectivity index is 0.00000225. The molecule has 2 aromatic rings. The fraction of sp³-hybridized carbons (Fsp3) is 0.450. The summed E-state index contributed by atoms with van der Waals surface area (Å²) >= 11 is 1.76. The summed E-state index contributed by atoms with van der Waals surface area (Å²) < 4.78 is 1.54. The number of nitriles is 1. The van der Waals surface area contributed by atoms with Gasteiger partial charge in [-0.15, -0.1) is 11.8 Å². The van der Waals surface area contributed by atoms with E-state index in [2.05, 4.69) is 11.0 Å². The number of piperazine rings is 1. The second-order valence-electron chi connectivity index (χ2n) is 7.03. The van der Waals surface area contributed by atoms with Crippen molar-refractivity contribution < 1.29 is 4.79 Å². The fourth-order valence-electron chi connectivity index (χ4n) is 4.04. The smallest absolute Gasteiger partial charge is 0.270 e. The molecule has 7 nitrogen and oxygen atoms in total. The first-order chi connectivity index (χ1) is 13.1. The molecule has 0 saturated carbocycles. The first kappa shape index (κ1) is 20.2. The lowest BCUT2D eigenvalue weighted by atomic mass is 10.1. The summed E-state index contributed by atoms with van der Waals surface area (Å²) in [6.45, 7) is 2.53. The molecule has 1 amide bonds. The van der Waals surface area contributed by atoms with Gasteiger partial charge in [0.1, 0.15) is 11.6 Å². The molecule has 2 aliphatic rings. The van der Waals surface area contributed by atoms with Crippen molar-refractivity contribution in [1.29, 1.82) is 5.26 Å². The van der Waals surface area contributed by atoms with Gasteiger partial charge in [0.15, 0.2) is 0 Å². The molecule has 3 heterocycles. The van der Waals surface area contributed by atoms with Crippen LogP contribution in [0.4, 0.5) is 5.69 Å². The summed E-state index contributed by atoms with van der Waals surface area (Å²) in [5.41, 5.74) is 1.44. The highest BCUT2D eigenvalue weighted by Crippen LogP contribution is 2.31. The third-order valence-corrected chi connectivity index (χ3v) is 6.86. The quantitative estimate of drug-likeness (QED) is 0.829. The molecule has 1 atom stereocenters. The highest BCUT2D eigenvalue weighted by molar-refractivity contribution is 8.00. The zero-order valence-corrected chi connectivity index (χ0v) is 16.9. The first-order valence-electron chi connectivity index (χ1n) is 9.29. The molecule has 1 aromatic carbocycles. The minimum absolute atomic E-state index is 0. The Morgan fingerprint density at radius 1 is 1.21 bits per heavy atom. The number of nitrogens with zero attached hydrogens (tertiary/aromatic N) is 4. The van der Waals surface area contributed by atoms with Gasteiger partial charge in [0.2, 0.25) is 5.91 Å². The molecule has 0 radical (unpaired) electrons. The summed E-state index contributed by atoms with van der Waals surface area (Å²) in [6, 6.07) is 9.79. The molecule has 0 bridgehead atoms. The monoisotopic (exact) mass is 399 g/mol. The molecule has 2 saturated heterocycles. The van der Waals surface area contributed by atoms with Crippen LogP contribution in [0.5, 0.6) is 0 Å². The average Bonchev–Trinajstić information content (AvgIpc) is 3.25. The van der Waals surface area contributed by atoms with E-state index in [-0.39, 0.29) is 28.4 Å². The highest BCUT2D eigenvalue weighted by Gasteiger charge is 2.31. The Labute approximate surface area is 168 Å². The fourth-order valence-corrected chi connectivity index (χ4v) is 5.28. The SMILES string of the molecule is Cn1c(=O)c(C#N)c(N2CCN(C(=O)C3CCCS3)CC2)c2ccccc21.N. The van der Waals surface area contributed by atoms with Gasteiger partial charge in [0, 0.05) is 38.6 Å². The van der Waals surface area contributed by atoms with Crippen LogP contribution in [0.1, 0.15) is 18.4 Å². The first-order valence-corrected chi connectivity index (χ1v) is 10.3. The molecule has 28 heavy (non-hydrogen) atoms. The second-order valence-corrected chi connectivity index (χ2v) is 8.34. The maximum atomic E-state index is 12.7. The molecule has 3 N–H and O–H groups in total. The van der Waals surface area contributed by atoms with Gasteiger partial charge in [-0.3, -0.25) is 9.59 Å². The van der Waals surface area contributed by atoms with Gasteiger partial charge in [0.05, 0.1) is 16.5 Å². The van der Waals surface area contributed by atoms with E-state index in [9.17, 15) is 14.9 Å². The summed E-state index contributed by atoms with van der Waals surface area (Å²) in [5.74, 6) is 1.31. The van der Waals surface area contributed by atoms with Crippen molar-refractivity contribution >= 4 is 34.3 Å². The van der Waals surface area contributed by atoms with E-state index >= 15 is 0 Å². The number of carbonyl (C=O) groups excluding carboxylic acids is 1. The van der Waals surface area contributed by atoms with Crippen molar-refractivity contribution in [1.82, 2.24) is 15.6 Å². The summed E-state index contributed by atoms with van der Waals surface area (Å²) in [6.07, 6.45) is 2.09. The molecule has 2 aliphatic heterocycles. The van der Waals surface area contributed by atoms with Crippen molar-refractivity contribution in [3.8, 4) is 6.07 Å². The van der Waals surface area contributed by atoms with Gasteiger partial charge < -0.3 is 20.5 Å². The van der Waals surface area contributed by atoms with E-state index in [1.165, 1.54) is 4.57 Å². The van der Waals surface area contributed by atoms with Crippen molar-refractivity contribution in [2.75, 3.05) is 36.8 Å². The number of carbonyl (C=O) groups is 1. The van der Waals surface area contributed by atoms with Gasteiger partial charge in [-0.2, -0.15) is 5.26 Å². The van der Waals surface area contributed by atoms with E-state index in [0.29, 0.717) is 31.9 Å². The van der Waals surface area contributed by atoms with Crippen LogP contribution in [0.3, 0.4) is 0 Å². The summed E-state index contributed by atoms with van der Waals surface area (Å²) in [4.78, 5) is 29.4. The summed E-state index contributed by atoms with van der Waals surface area (Å²) in [5, 5.41) is 10.7. The van der Waals surface area contributed by atoms with Crippen molar-refractivity contribution in [2.24, 2.45) is 7.05 Å². The van der Waals surface area contributed by atoms with Crippen molar-refractivity contribution in [3.05, 3.63) is 40.2 Å². The Kier molecular flexibility index (Phi) is 5.96. The van der Waals surface area contributed by atoms with E-state index in [1.54, 1.807) is 18.8 Å². The zero-order chi connectivity index (χ0) is 19.0. The Morgan fingerprint density at radius 2 is 1.93 bits per heavy atom. The van der Waals surface area contributed by atoms with Crippen LogP contribution in [0.15, 0.2) is 29.1 Å². The minimum Gasteiger partial charge on any atom is -0.366 e. The number of amides is 1. The largest absolute Gasteiger partial charge is 0.366 e. The molecule has 148 valence electrons. The van der Waals surface area contributed by atoms with Crippen LogP contribution >= 0.6 is 11.8 Å². The molecule has 1 unspecified atom stereocenters. The van der Waals surface area contributed by atoms with Crippen LogP contribution in [-0.4, -0.2) is 52.6 Å². The van der Waals surface area contributed by atoms with Crippen LogP contribution in [0.2, 0.25) is 0 Å². The minimum atomic E-state index is -0.271. The molecule has 8 heteroatoms. The second kappa shape index (κ2) is 8.25. The van der Waals surface area contributed by atoms with Gasteiger partial charge in [-0.1, -0.05) is 18.2 Å². The van der Waals surface area contributed by atoms with Gasteiger partial charge in [-0.05, 0) is 24.7 Å². The van der Waals surface area contributed by atoms with Crippen molar-refractivity contribution in [3.63, 3.8) is 0 Å². The number of fused-ring (bicyclic) bond motifs is 1. The number of hydrogen-bond acceptors (Lipinski definition) is 6. The molecule has 4 rings (SSSR count). The highest BCUT2D eigenvalue weighted by atomic mass is 32.2. The number of aromatic nitrogens is 1. The van der Waals surface area contributed by atoms with E-state index in [4.69, 9.17) is 0 Å². The summed E-state index contributed by atoms with van der Waals surface area (Å²) in [7, 11) is 1.70. The Bertz CT molecular complexity index is 982. The van der Waals surface area contributed by atoms with E-state index in [0.717, 1.165) is 29.5 Å². The average molecular weight is 400 g/mol. The van der Waals surface area contributed by atoms with Gasteiger partial charge in [0.25, 0.3) is 5.56 Å². The molecule has 0 aliphatic carbocycles. The third kappa shape index (κ3) is 3.36. The van der Waals surface area contributed by atoms with E-state index < -0.39 is 0 Å². The Hall–Kier alpha value is -2.50. The van der Waals surface area contributed by atoms with Gasteiger partial charge >= 0.3 is 0 Å². The van der Waals surface area contributed by atoms with Crippen LogP contribution in [0.25, 0.3) is 10.9 Å². The topological polar surface area (TPSA) is 104 Å². The standard InChI is InChI=1S/C20H22N4O2S.H3N/c1-22-16-6-3-2-5-14(16)18(15(13-21)19(22)25)23-8-10-24(11-9-23)20(26)17-7-4-12-27-17;/h2-3,5-6,17H,4,7-12H2,1H3;1H3. The zero-order valence-electron chi connectivity index (χ0n) is 16.1. The van der Waals surface area contributed by atoms with Crippen LogP contribution in [-0.2, 0) is 11.8 Å². The predicted octanol–water partition coefficient (Wildman–Crippen LogP) is 2.12. The third-order valence-electron chi connectivity index (χ3n) is 5.50. The number of rotatable bonds is 2. The number of para-hydroxylation sites is 1. The number of anilines is 1. The van der Waals surface area contributed by atoms with E-state index in [1.807, 2.05) is 29.2 Å². The lowest BCUT2D eigenvalue weighted by molar-refractivity contribution is -0.130. The number of pyridine rings is 1.